The Morgan fingerprint density at radius 3 is 2.00 bits per heavy atom. The number of carbonyl (C=O) groups is 2. The maximum Gasteiger partial charge on any atom is 0.233 e. The van der Waals surface area contributed by atoms with E-state index in [1.54, 1.807) is 0 Å². The van der Waals surface area contributed by atoms with E-state index in [0.29, 0.717) is 6.54 Å². The molecule has 2 amide bonds. The molecule has 90 valence electrons. The van der Waals surface area contributed by atoms with Crippen molar-refractivity contribution in [2.45, 2.75) is 20.4 Å². The van der Waals surface area contributed by atoms with Crippen molar-refractivity contribution in [2.24, 2.45) is 11.8 Å². The van der Waals surface area contributed by atoms with Crippen molar-refractivity contribution in [1.29, 1.82) is 0 Å². The van der Waals surface area contributed by atoms with Crippen LogP contribution in [0.5, 0.6) is 0 Å². The van der Waals surface area contributed by atoms with Gasteiger partial charge in [-0.25, -0.2) is 0 Å². The van der Waals surface area contributed by atoms with Gasteiger partial charge in [-0.2, -0.15) is 0 Å². The molecule has 17 heavy (non-hydrogen) atoms. The van der Waals surface area contributed by atoms with Crippen LogP contribution in [-0.4, -0.2) is 16.7 Å². The molecule has 4 heteroatoms. The molecule has 3 nitrogen and oxygen atoms in total. The first-order valence-corrected chi connectivity index (χ1v) is 6.68. The molecule has 2 unspecified atom stereocenters. The quantitative estimate of drug-likeness (QED) is 0.611. The number of rotatable bonds is 2. The number of benzene rings is 1. The summed E-state index contributed by atoms with van der Waals surface area (Å²) in [7, 11) is 0. The Balaban J connectivity index is 2.17. The summed E-state index contributed by atoms with van der Waals surface area (Å²) >= 11 is 2.23. The molecule has 1 aromatic carbocycles. The highest BCUT2D eigenvalue weighted by molar-refractivity contribution is 14.1. The fourth-order valence-electron chi connectivity index (χ4n) is 1.96. The standard InChI is InChI=1S/C13H14INO2/c1-8-9(2)13(17)15(12(8)16)7-10-3-5-11(14)6-4-10/h3-6,8-9H,7H2,1-2H3. The first-order chi connectivity index (χ1) is 8.00. The highest BCUT2D eigenvalue weighted by atomic mass is 127. The normalized spacial score (nSPS) is 24.5. The van der Waals surface area contributed by atoms with Crippen molar-refractivity contribution in [2.75, 3.05) is 0 Å². The van der Waals surface area contributed by atoms with Crippen LogP contribution in [0.3, 0.4) is 0 Å². The summed E-state index contributed by atoms with van der Waals surface area (Å²) in [6, 6.07) is 7.87. The minimum Gasteiger partial charge on any atom is -0.278 e. The van der Waals surface area contributed by atoms with Crippen molar-refractivity contribution in [1.82, 2.24) is 4.90 Å². The second kappa shape index (κ2) is 4.76. The number of imide groups is 1. The average molecular weight is 343 g/mol. The number of halogens is 1. The molecular weight excluding hydrogens is 329 g/mol. The highest BCUT2D eigenvalue weighted by Crippen LogP contribution is 2.26. The Kier molecular flexibility index (Phi) is 3.51. The maximum absolute atomic E-state index is 11.9. The van der Waals surface area contributed by atoms with Crippen LogP contribution in [0.1, 0.15) is 19.4 Å². The molecule has 0 saturated carbocycles. The predicted molar refractivity (Wildman–Crippen MR) is 73.0 cm³/mol. The van der Waals surface area contributed by atoms with Gasteiger partial charge in [-0.3, -0.25) is 14.5 Å². The van der Waals surface area contributed by atoms with E-state index in [0.717, 1.165) is 9.13 Å². The van der Waals surface area contributed by atoms with E-state index in [4.69, 9.17) is 0 Å². The molecule has 0 aliphatic carbocycles. The zero-order chi connectivity index (χ0) is 12.6. The van der Waals surface area contributed by atoms with Crippen LogP contribution in [0.15, 0.2) is 24.3 Å². The highest BCUT2D eigenvalue weighted by Gasteiger charge is 2.41. The molecule has 1 aromatic rings. The summed E-state index contributed by atoms with van der Waals surface area (Å²) in [5.74, 6) is -0.486. The molecule has 0 radical (unpaired) electrons. The van der Waals surface area contributed by atoms with Gasteiger partial charge in [-0.05, 0) is 40.3 Å². The molecule has 1 fully saturated rings. The summed E-state index contributed by atoms with van der Waals surface area (Å²) < 4.78 is 1.15. The monoisotopic (exact) mass is 343 g/mol. The molecule has 0 N–H and O–H groups in total. The first kappa shape index (κ1) is 12.5. The van der Waals surface area contributed by atoms with Gasteiger partial charge in [0.05, 0.1) is 6.54 Å². The minimum atomic E-state index is -0.189. The Hall–Kier alpha value is -0.910. The van der Waals surface area contributed by atoms with E-state index in [9.17, 15) is 9.59 Å². The van der Waals surface area contributed by atoms with Crippen LogP contribution >= 0.6 is 22.6 Å². The molecule has 0 aromatic heterocycles. The second-order valence-corrected chi connectivity index (χ2v) is 5.71. The summed E-state index contributed by atoms with van der Waals surface area (Å²) in [6.45, 7) is 4.03. The number of likely N-dealkylation sites (tertiary alicyclic amines) is 1. The lowest BCUT2D eigenvalue weighted by Gasteiger charge is -2.14. The van der Waals surface area contributed by atoms with Crippen molar-refractivity contribution < 1.29 is 9.59 Å². The largest absolute Gasteiger partial charge is 0.278 e. The van der Waals surface area contributed by atoms with E-state index < -0.39 is 0 Å². The van der Waals surface area contributed by atoms with Gasteiger partial charge in [0.25, 0.3) is 0 Å². The third-order valence-electron chi connectivity index (χ3n) is 3.32. The van der Waals surface area contributed by atoms with Gasteiger partial charge in [0.1, 0.15) is 0 Å². The Morgan fingerprint density at radius 1 is 1.06 bits per heavy atom. The number of hydrogen-bond donors (Lipinski definition) is 0. The lowest BCUT2D eigenvalue weighted by atomic mass is 10.00. The van der Waals surface area contributed by atoms with Gasteiger partial charge in [0.2, 0.25) is 11.8 Å². The van der Waals surface area contributed by atoms with Gasteiger partial charge in [-0.1, -0.05) is 26.0 Å². The van der Waals surface area contributed by atoms with E-state index in [1.807, 2.05) is 38.1 Å². The van der Waals surface area contributed by atoms with E-state index in [1.165, 1.54) is 4.90 Å². The lowest BCUT2D eigenvalue weighted by Crippen LogP contribution is -2.30. The fraction of sp³-hybridized carbons (Fsp3) is 0.385. The first-order valence-electron chi connectivity index (χ1n) is 5.60. The maximum atomic E-state index is 11.9. The third kappa shape index (κ3) is 2.36. The Bertz CT molecular complexity index is 435. The molecular formula is C13H14INO2. The van der Waals surface area contributed by atoms with Crippen LogP contribution in [0.25, 0.3) is 0 Å². The number of amides is 2. The third-order valence-corrected chi connectivity index (χ3v) is 4.03. The second-order valence-electron chi connectivity index (χ2n) is 4.47. The van der Waals surface area contributed by atoms with Gasteiger partial charge in [0, 0.05) is 15.4 Å². The van der Waals surface area contributed by atoms with E-state index >= 15 is 0 Å². The van der Waals surface area contributed by atoms with Gasteiger partial charge >= 0.3 is 0 Å². The van der Waals surface area contributed by atoms with Crippen LogP contribution < -0.4 is 0 Å². The molecule has 1 aliphatic heterocycles. The van der Waals surface area contributed by atoms with Crippen molar-refractivity contribution in [3.8, 4) is 0 Å². The number of hydrogen-bond acceptors (Lipinski definition) is 2. The SMILES string of the molecule is CC1C(=O)N(Cc2ccc(I)cc2)C(=O)C1C. The molecule has 2 rings (SSSR count). The summed E-state index contributed by atoms with van der Waals surface area (Å²) in [5, 5.41) is 0. The summed E-state index contributed by atoms with van der Waals surface area (Å²) in [5.41, 5.74) is 0.994. The molecule has 0 bridgehead atoms. The summed E-state index contributed by atoms with van der Waals surface area (Å²) in [6.07, 6.45) is 0. The lowest BCUT2D eigenvalue weighted by molar-refractivity contribution is -0.140. The van der Waals surface area contributed by atoms with Crippen LogP contribution in [0.4, 0.5) is 0 Å². The van der Waals surface area contributed by atoms with E-state index in [-0.39, 0.29) is 23.7 Å². The van der Waals surface area contributed by atoms with Crippen molar-refractivity contribution in [3.05, 3.63) is 33.4 Å². The number of carbonyl (C=O) groups excluding carboxylic acids is 2. The molecule has 0 spiro atoms. The van der Waals surface area contributed by atoms with E-state index in [2.05, 4.69) is 22.6 Å². The van der Waals surface area contributed by atoms with Gasteiger partial charge in [-0.15, -0.1) is 0 Å². The van der Waals surface area contributed by atoms with Crippen LogP contribution in [0, 0.1) is 15.4 Å². The molecule has 2 atom stereocenters. The average Bonchev–Trinajstić information content (AvgIpc) is 2.50. The zero-order valence-electron chi connectivity index (χ0n) is 9.81. The van der Waals surface area contributed by atoms with Crippen molar-refractivity contribution in [3.63, 3.8) is 0 Å². The smallest absolute Gasteiger partial charge is 0.233 e. The molecule has 1 aliphatic rings. The van der Waals surface area contributed by atoms with Crippen LogP contribution in [0.2, 0.25) is 0 Å². The van der Waals surface area contributed by atoms with Gasteiger partial charge in [0.15, 0.2) is 0 Å². The number of nitrogens with zero attached hydrogens (tertiary/aromatic N) is 1. The Labute approximate surface area is 114 Å². The molecule has 1 saturated heterocycles. The Morgan fingerprint density at radius 2 is 1.53 bits per heavy atom. The van der Waals surface area contributed by atoms with Crippen molar-refractivity contribution >= 4 is 34.4 Å². The molecule has 1 heterocycles. The fourth-order valence-corrected chi connectivity index (χ4v) is 2.32. The zero-order valence-corrected chi connectivity index (χ0v) is 12.0. The topological polar surface area (TPSA) is 37.4 Å². The summed E-state index contributed by atoms with van der Waals surface area (Å²) in [4.78, 5) is 25.2. The van der Waals surface area contributed by atoms with Crippen LogP contribution in [-0.2, 0) is 16.1 Å². The minimum absolute atomic E-state index is 0.0546. The van der Waals surface area contributed by atoms with Gasteiger partial charge < -0.3 is 0 Å². The predicted octanol–water partition coefficient (Wildman–Crippen LogP) is 2.43.